The normalized spacial score (nSPS) is 23.9. The Bertz CT molecular complexity index is 1410. The van der Waals surface area contributed by atoms with Gasteiger partial charge in [0.1, 0.15) is 12.1 Å². The Balaban J connectivity index is 1.83. The minimum Gasteiger partial charge on any atom is -0.346 e. The van der Waals surface area contributed by atoms with Crippen LogP contribution in [0.1, 0.15) is 115 Å². The maximum absolute atomic E-state index is 14.5. The highest BCUT2D eigenvalue weighted by Gasteiger charge is 2.70. The van der Waals surface area contributed by atoms with Crippen LogP contribution in [0.4, 0.5) is 4.79 Å². The lowest BCUT2D eigenvalue weighted by Gasteiger charge is -2.41. The highest BCUT2D eigenvalue weighted by atomic mass is 16.2. The van der Waals surface area contributed by atoms with E-state index >= 15 is 0 Å². The maximum Gasteiger partial charge on any atom is 0.315 e. The number of rotatable bonds is 15. The third-order valence-electron chi connectivity index (χ3n) is 11.6. The van der Waals surface area contributed by atoms with E-state index < -0.39 is 64.5 Å². The number of Topliss-reactive ketones (excluding diaryl/α,β-unsaturated/α-hetero) is 1. The number of nitrogens with one attached hydrogen (secondary N) is 4. The van der Waals surface area contributed by atoms with Gasteiger partial charge in [0.25, 0.3) is 5.91 Å². The van der Waals surface area contributed by atoms with Gasteiger partial charge in [0.2, 0.25) is 29.4 Å². The van der Waals surface area contributed by atoms with Crippen LogP contribution >= 0.6 is 0 Å². The van der Waals surface area contributed by atoms with E-state index in [0.29, 0.717) is 19.4 Å². The Morgan fingerprint density at radius 3 is 2.02 bits per heavy atom. The van der Waals surface area contributed by atoms with E-state index in [1.54, 1.807) is 0 Å². The number of ketones is 1. The first-order chi connectivity index (χ1) is 23.9. The molecule has 13 heteroatoms. The van der Waals surface area contributed by atoms with Crippen LogP contribution < -0.4 is 21.3 Å². The molecule has 292 valence electrons. The number of piperidine rings is 2. The smallest absolute Gasteiger partial charge is 0.315 e. The lowest BCUT2D eigenvalue weighted by Crippen LogP contribution is -2.63. The number of amides is 7. The number of urea groups is 1. The van der Waals surface area contributed by atoms with Crippen molar-refractivity contribution in [1.29, 1.82) is 0 Å². The molecule has 52 heavy (non-hydrogen) atoms. The summed E-state index contributed by atoms with van der Waals surface area (Å²) in [7, 11) is 0. The van der Waals surface area contributed by atoms with Crippen molar-refractivity contribution in [3.8, 4) is 0 Å². The number of fused-ring (bicyclic) bond motifs is 1. The number of nitrogens with zero attached hydrogens (tertiary/aromatic N) is 2. The van der Waals surface area contributed by atoms with E-state index in [9.17, 15) is 33.6 Å². The van der Waals surface area contributed by atoms with Gasteiger partial charge < -0.3 is 26.2 Å². The molecule has 1 aliphatic carbocycles. The van der Waals surface area contributed by atoms with Crippen molar-refractivity contribution >= 4 is 41.4 Å². The van der Waals surface area contributed by atoms with E-state index in [1.807, 2.05) is 76.2 Å². The SMILES string of the molecule is C=CCNC(=O)C(=O)C(CCCC)NC(=O)[C@@H]1[C@@H]2[C@H](CN1C(=O)[C@@H](NC(=O)N[C@@H](CN1C(=O)CC(C)(CC)CC1=O)C(C)(C)C)C(C)(C)C)C2(C)C. The molecule has 1 saturated carbocycles. The second-order valence-corrected chi connectivity index (χ2v) is 18.2. The van der Waals surface area contributed by atoms with Crippen LogP contribution in [0.5, 0.6) is 0 Å². The number of carbonyl (C=O) groups is 7. The van der Waals surface area contributed by atoms with Gasteiger partial charge in [-0.25, -0.2) is 4.79 Å². The van der Waals surface area contributed by atoms with Crippen LogP contribution in [0.2, 0.25) is 0 Å². The standard InChI is InChI=1S/C39H64N6O7/c1-13-16-17-24(30(48)33(50)40-18-14-2)41-32(49)29-28-23(38(28,10)11)21-45(29)34(51)31(37(7,8)9)43-35(52)42-25(36(4,5)6)22-44-26(46)19-39(12,15-3)20-27(44)47/h14,23-25,28-29,31H,2,13,15-22H2,1,3-12H3,(H,40,50)(H,41,49)(H2,42,43,52)/t23-,24?,25-,28-,29-,31+/m0/s1. The molecule has 0 bridgehead atoms. The molecule has 3 fully saturated rings. The largest absolute Gasteiger partial charge is 0.346 e. The first-order valence-corrected chi connectivity index (χ1v) is 18.9. The molecule has 0 aromatic heterocycles. The number of hydrogen-bond donors (Lipinski definition) is 4. The summed E-state index contributed by atoms with van der Waals surface area (Å²) in [5.41, 5.74) is -1.94. The zero-order valence-corrected chi connectivity index (χ0v) is 33.4. The molecule has 0 spiro atoms. The first kappa shape index (κ1) is 42.6. The van der Waals surface area contributed by atoms with Crippen LogP contribution in [0.3, 0.4) is 0 Å². The molecule has 3 aliphatic rings. The molecular weight excluding hydrogens is 664 g/mol. The zero-order chi connectivity index (χ0) is 39.6. The third-order valence-corrected chi connectivity index (χ3v) is 11.6. The Morgan fingerprint density at radius 1 is 0.923 bits per heavy atom. The monoisotopic (exact) mass is 728 g/mol. The van der Waals surface area contributed by atoms with E-state index in [0.717, 1.165) is 6.42 Å². The summed E-state index contributed by atoms with van der Waals surface area (Å²) in [5, 5.41) is 11.1. The molecule has 7 amide bonds. The van der Waals surface area contributed by atoms with Crippen molar-refractivity contribution in [1.82, 2.24) is 31.1 Å². The quantitative estimate of drug-likeness (QED) is 0.113. The lowest BCUT2D eigenvalue weighted by molar-refractivity contribution is -0.154. The topological polar surface area (TPSA) is 174 Å². The van der Waals surface area contributed by atoms with Gasteiger partial charge in [-0.2, -0.15) is 0 Å². The van der Waals surface area contributed by atoms with Crippen LogP contribution in [-0.4, -0.2) is 95.0 Å². The van der Waals surface area contributed by atoms with Gasteiger partial charge >= 0.3 is 6.03 Å². The molecule has 4 N–H and O–H groups in total. The summed E-state index contributed by atoms with van der Waals surface area (Å²) in [5.74, 6) is -3.15. The van der Waals surface area contributed by atoms with Crippen molar-refractivity contribution in [2.75, 3.05) is 19.6 Å². The molecule has 6 atom stereocenters. The number of imide groups is 1. The summed E-state index contributed by atoms with van der Waals surface area (Å²) in [4.78, 5) is 97.0. The van der Waals surface area contributed by atoms with Crippen molar-refractivity contribution in [2.45, 2.75) is 139 Å². The predicted molar refractivity (Wildman–Crippen MR) is 198 cm³/mol. The van der Waals surface area contributed by atoms with Gasteiger partial charge in [-0.15, -0.1) is 6.58 Å². The average molecular weight is 729 g/mol. The molecule has 0 aromatic rings. The minimum atomic E-state index is -1.05. The molecule has 0 radical (unpaired) electrons. The van der Waals surface area contributed by atoms with Crippen LogP contribution in [0.25, 0.3) is 0 Å². The molecular formula is C39H64N6O7. The molecule has 2 heterocycles. The van der Waals surface area contributed by atoms with Gasteiger partial charge in [-0.1, -0.05) is 95.1 Å². The fraction of sp³-hybridized carbons (Fsp3) is 0.769. The van der Waals surface area contributed by atoms with Gasteiger partial charge in [0, 0.05) is 32.5 Å². The fourth-order valence-electron chi connectivity index (χ4n) is 7.60. The van der Waals surface area contributed by atoms with Crippen LogP contribution in [0, 0.1) is 33.5 Å². The maximum atomic E-state index is 14.5. The molecule has 2 saturated heterocycles. The molecule has 2 aliphatic heterocycles. The van der Waals surface area contributed by atoms with E-state index in [2.05, 4.69) is 27.8 Å². The fourth-order valence-corrected chi connectivity index (χ4v) is 7.60. The van der Waals surface area contributed by atoms with Crippen molar-refractivity contribution in [2.24, 2.45) is 33.5 Å². The van der Waals surface area contributed by atoms with Crippen molar-refractivity contribution in [3.63, 3.8) is 0 Å². The number of unbranched alkanes of at least 4 members (excludes halogenated alkanes) is 1. The zero-order valence-electron chi connectivity index (χ0n) is 33.4. The summed E-state index contributed by atoms with van der Waals surface area (Å²) >= 11 is 0. The predicted octanol–water partition coefficient (Wildman–Crippen LogP) is 3.71. The number of carbonyl (C=O) groups excluding carboxylic acids is 7. The molecule has 13 nitrogen and oxygen atoms in total. The second kappa shape index (κ2) is 16.1. The molecule has 0 aromatic carbocycles. The Kier molecular flexibility index (Phi) is 13.2. The highest BCUT2D eigenvalue weighted by molar-refractivity contribution is 6.38. The lowest BCUT2D eigenvalue weighted by atomic mass is 9.77. The van der Waals surface area contributed by atoms with Crippen LogP contribution in [0.15, 0.2) is 12.7 Å². The average Bonchev–Trinajstić information content (AvgIpc) is 3.34. The molecule has 1 unspecified atom stereocenters. The number of hydrogen-bond acceptors (Lipinski definition) is 7. The van der Waals surface area contributed by atoms with Gasteiger partial charge in [-0.05, 0) is 46.3 Å². The van der Waals surface area contributed by atoms with E-state index in [1.165, 1.54) is 15.9 Å². The van der Waals surface area contributed by atoms with E-state index in [-0.39, 0.29) is 66.8 Å². The number of likely N-dealkylation sites (tertiary alicyclic amines) is 2. The van der Waals surface area contributed by atoms with Crippen molar-refractivity contribution in [3.05, 3.63) is 12.7 Å². The summed E-state index contributed by atoms with van der Waals surface area (Å²) in [6.45, 7) is 25.1. The molecule has 3 rings (SSSR count). The Hall–Kier alpha value is -3.77. The summed E-state index contributed by atoms with van der Waals surface area (Å²) in [6, 6.07) is -4.26. The summed E-state index contributed by atoms with van der Waals surface area (Å²) < 4.78 is 0. The van der Waals surface area contributed by atoms with Gasteiger partial charge in [0.15, 0.2) is 0 Å². The minimum absolute atomic E-state index is 0.00114. The highest BCUT2D eigenvalue weighted by Crippen LogP contribution is 2.65. The van der Waals surface area contributed by atoms with Gasteiger partial charge in [-0.3, -0.25) is 33.7 Å². The van der Waals surface area contributed by atoms with Crippen molar-refractivity contribution < 1.29 is 33.6 Å². The summed E-state index contributed by atoms with van der Waals surface area (Å²) in [6.07, 6.45) is 4.29. The van der Waals surface area contributed by atoms with E-state index in [4.69, 9.17) is 0 Å². The van der Waals surface area contributed by atoms with Crippen LogP contribution in [-0.2, 0) is 28.8 Å². The van der Waals surface area contributed by atoms with Gasteiger partial charge in [0.05, 0.1) is 12.1 Å². The third kappa shape index (κ3) is 9.60. The second-order valence-electron chi connectivity index (χ2n) is 18.2. The first-order valence-electron chi connectivity index (χ1n) is 18.9. The Morgan fingerprint density at radius 2 is 1.52 bits per heavy atom. The Labute approximate surface area is 310 Å².